The van der Waals surface area contributed by atoms with Crippen LogP contribution in [-0.4, -0.2) is 14.7 Å². The molecule has 3 heteroatoms. The highest BCUT2D eigenvalue weighted by Gasteiger charge is 2.67. The summed E-state index contributed by atoms with van der Waals surface area (Å²) in [6.45, 7) is 11.8. The van der Waals surface area contributed by atoms with E-state index in [1.807, 2.05) is 10.8 Å². The molecule has 2 rings (SSSR count). The second kappa shape index (κ2) is 3.33. The van der Waals surface area contributed by atoms with E-state index < -0.39 is 6.10 Å². The molecule has 1 atom stereocenters. The van der Waals surface area contributed by atoms with Crippen molar-refractivity contribution in [2.45, 2.75) is 47.3 Å². The van der Waals surface area contributed by atoms with Gasteiger partial charge in [-0.25, -0.2) is 4.98 Å². The van der Waals surface area contributed by atoms with Crippen LogP contribution in [0.2, 0.25) is 0 Å². The minimum atomic E-state index is -0.444. The van der Waals surface area contributed by atoms with Gasteiger partial charge in [0.1, 0.15) is 11.9 Å². The van der Waals surface area contributed by atoms with Gasteiger partial charge >= 0.3 is 0 Å². The van der Waals surface area contributed by atoms with E-state index in [4.69, 9.17) is 0 Å². The molecule has 1 unspecified atom stereocenters. The molecule has 0 saturated heterocycles. The zero-order chi connectivity index (χ0) is 12.1. The van der Waals surface area contributed by atoms with Gasteiger partial charge < -0.3 is 9.67 Å². The minimum Gasteiger partial charge on any atom is -0.385 e. The standard InChI is InChI=1S/C13H22N2O/c1-6-15-8-7-14-11(15)9(16)10-12(2,3)13(10,4)5/h7-10,16H,6H2,1-5H3. The summed E-state index contributed by atoms with van der Waals surface area (Å²) < 4.78 is 2.02. The number of aryl methyl sites for hydroxylation is 1. The number of hydrogen-bond donors (Lipinski definition) is 1. The fraction of sp³-hybridized carbons (Fsp3) is 0.769. The largest absolute Gasteiger partial charge is 0.385 e. The fourth-order valence-electron chi connectivity index (χ4n) is 3.04. The molecular weight excluding hydrogens is 200 g/mol. The van der Waals surface area contributed by atoms with Crippen LogP contribution in [0.3, 0.4) is 0 Å². The molecule has 1 aliphatic carbocycles. The Morgan fingerprint density at radius 1 is 1.38 bits per heavy atom. The number of imidazole rings is 1. The first-order chi connectivity index (χ1) is 7.34. The van der Waals surface area contributed by atoms with Crippen molar-refractivity contribution in [3.63, 3.8) is 0 Å². The molecule has 0 aromatic carbocycles. The lowest BCUT2D eigenvalue weighted by Gasteiger charge is -2.13. The molecule has 1 saturated carbocycles. The van der Waals surface area contributed by atoms with E-state index in [1.54, 1.807) is 6.20 Å². The van der Waals surface area contributed by atoms with E-state index >= 15 is 0 Å². The molecule has 90 valence electrons. The van der Waals surface area contributed by atoms with Gasteiger partial charge in [0.25, 0.3) is 0 Å². The van der Waals surface area contributed by atoms with Crippen LogP contribution in [-0.2, 0) is 6.54 Å². The Kier molecular flexibility index (Phi) is 2.42. The van der Waals surface area contributed by atoms with Crippen molar-refractivity contribution in [3.8, 4) is 0 Å². The van der Waals surface area contributed by atoms with Crippen LogP contribution in [0, 0.1) is 16.7 Å². The number of aliphatic hydroxyl groups excluding tert-OH is 1. The zero-order valence-electron chi connectivity index (χ0n) is 10.9. The Labute approximate surface area is 97.5 Å². The maximum absolute atomic E-state index is 10.4. The molecule has 0 spiro atoms. The monoisotopic (exact) mass is 222 g/mol. The molecule has 1 fully saturated rings. The first kappa shape index (κ1) is 11.6. The predicted octanol–water partition coefficient (Wildman–Crippen LogP) is 2.62. The van der Waals surface area contributed by atoms with Gasteiger partial charge in [-0.15, -0.1) is 0 Å². The Morgan fingerprint density at radius 3 is 2.38 bits per heavy atom. The second-order valence-electron chi connectivity index (χ2n) is 5.94. The summed E-state index contributed by atoms with van der Waals surface area (Å²) in [6, 6.07) is 0. The molecule has 16 heavy (non-hydrogen) atoms. The minimum absolute atomic E-state index is 0.191. The SMILES string of the molecule is CCn1ccnc1C(O)C1C(C)(C)C1(C)C. The molecule has 1 aliphatic rings. The number of hydrogen-bond acceptors (Lipinski definition) is 2. The third kappa shape index (κ3) is 1.34. The van der Waals surface area contributed by atoms with E-state index in [-0.39, 0.29) is 10.8 Å². The molecule has 1 heterocycles. The fourth-order valence-corrected chi connectivity index (χ4v) is 3.04. The van der Waals surface area contributed by atoms with Gasteiger partial charge in [0.05, 0.1) is 0 Å². The molecule has 0 amide bonds. The second-order valence-corrected chi connectivity index (χ2v) is 5.94. The first-order valence-electron chi connectivity index (χ1n) is 6.03. The van der Waals surface area contributed by atoms with Crippen LogP contribution in [0.1, 0.15) is 46.5 Å². The van der Waals surface area contributed by atoms with Gasteiger partial charge in [0.15, 0.2) is 0 Å². The first-order valence-corrected chi connectivity index (χ1v) is 6.03. The lowest BCUT2D eigenvalue weighted by Crippen LogP contribution is -2.12. The third-order valence-corrected chi connectivity index (χ3v) is 4.80. The number of nitrogens with zero attached hydrogens (tertiary/aromatic N) is 2. The van der Waals surface area contributed by atoms with Gasteiger partial charge in [-0.1, -0.05) is 27.7 Å². The summed E-state index contributed by atoms with van der Waals surface area (Å²) in [5.41, 5.74) is 0.383. The van der Waals surface area contributed by atoms with Crippen molar-refractivity contribution >= 4 is 0 Å². The van der Waals surface area contributed by atoms with Crippen LogP contribution in [0.5, 0.6) is 0 Å². The highest BCUT2D eigenvalue weighted by molar-refractivity contribution is 5.18. The van der Waals surface area contributed by atoms with Crippen molar-refractivity contribution in [3.05, 3.63) is 18.2 Å². The topological polar surface area (TPSA) is 38.0 Å². The van der Waals surface area contributed by atoms with E-state index in [9.17, 15) is 5.11 Å². The van der Waals surface area contributed by atoms with Crippen LogP contribution >= 0.6 is 0 Å². The van der Waals surface area contributed by atoms with Crippen molar-refractivity contribution in [1.29, 1.82) is 0 Å². The van der Waals surface area contributed by atoms with Crippen molar-refractivity contribution in [2.24, 2.45) is 16.7 Å². The van der Waals surface area contributed by atoms with E-state index in [1.165, 1.54) is 0 Å². The predicted molar refractivity (Wildman–Crippen MR) is 63.9 cm³/mol. The molecule has 0 bridgehead atoms. The molecule has 0 radical (unpaired) electrons. The van der Waals surface area contributed by atoms with E-state index in [2.05, 4.69) is 39.6 Å². The molecule has 3 nitrogen and oxygen atoms in total. The van der Waals surface area contributed by atoms with Gasteiger partial charge in [0, 0.05) is 24.9 Å². The van der Waals surface area contributed by atoms with Gasteiger partial charge in [0.2, 0.25) is 0 Å². The maximum Gasteiger partial charge on any atom is 0.137 e. The number of aliphatic hydroxyl groups is 1. The summed E-state index contributed by atoms with van der Waals surface area (Å²) in [5.74, 6) is 1.11. The summed E-state index contributed by atoms with van der Waals surface area (Å²) in [5, 5.41) is 10.4. The van der Waals surface area contributed by atoms with Gasteiger partial charge in [-0.3, -0.25) is 0 Å². The number of rotatable bonds is 3. The average Bonchev–Trinajstić information content (AvgIpc) is 2.58. The summed E-state index contributed by atoms with van der Waals surface area (Å²) in [7, 11) is 0. The zero-order valence-corrected chi connectivity index (χ0v) is 10.9. The molecular formula is C13H22N2O. The van der Waals surface area contributed by atoms with Crippen LogP contribution in [0.15, 0.2) is 12.4 Å². The van der Waals surface area contributed by atoms with Crippen LogP contribution < -0.4 is 0 Å². The Hall–Kier alpha value is -0.830. The quantitative estimate of drug-likeness (QED) is 0.853. The Morgan fingerprint density at radius 2 is 1.94 bits per heavy atom. The Balaban J connectivity index is 2.25. The van der Waals surface area contributed by atoms with Crippen molar-refractivity contribution in [2.75, 3.05) is 0 Å². The summed E-state index contributed by atoms with van der Waals surface area (Å²) in [4.78, 5) is 4.29. The highest BCUT2D eigenvalue weighted by Crippen LogP contribution is 2.72. The Bertz CT molecular complexity index is 378. The van der Waals surface area contributed by atoms with Gasteiger partial charge in [-0.05, 0) is 17.8 Å². The number of aromatic nitrogens is 2. The average molecular weight is 222 g/mol. The van der Waals surface area contributed by atoms with Crippen molar-refractivity contribution < 1.29 is 5.11 Å². The molecule has 0 aliphatic heterocycles. The van der Waals surface area contributed by atoms with E-state index in [0.717, 1.165) is 12.4 Å². The molecule has 1 aromatic heterocycles. The normalized spacial score (nSPS) is 24.4. The summed E-state index contributed by atoms with van der Waals surface area (Å²) >= 11 is 0. The van der Waals surface area contributed by atoms with Crippen LogP contribution in [0.4, 0.5) is 0 Å². The maximum atomic E-state index is 10.4. The van der Waals surface area contributed by atoms with E-state index in [0.29, 0.717) is 5.92 Å². The lowest BCUT2D eigenvalue weighted by atomic mass is 10.0. The molecule has 1 N–H and O–H groups in total. The van der Waals surface area contributed by atoms with Crippen LogP contribution in [0.25, 0.3) is 0 Å². The lowest BCUT2D eigenvalue weighted by molar-refractivity contribution is 0.117. The summed E-state index contributed by atoms with van der Waals surface area (Å²) in [6.07, 6.45) is 3.26. The highest BCUT2D eigenvalue weighted by atomic mass is 16.3. The molecule has 1 aromatic rings. The third-order valence-electron chi connectivity index (χ3n) is 4.80. The van der Waals surface area contributed by atoms with Gasteiger partial charge in [-0.2, -0.15) is 0 Å². The van der Waals surface area contributed by atoms with Crippen molar-refractivity contribution in [1.82, 2.24) is 9.55 Å². The smallest absolute Gasteiger partial charge is 0.137 e.